The minimum absolute atomic E-state index is 0.272. The number of pyridine rings is 1. The van der Waals surface area contributed by atoms with Gasteiger partial charge in [-0.3, -0.25) is 4.79 Å². The Balaban J connectivity index is 2.06. The van der Waals surface area contributed by atoms with Gasteiger partial charge >= 0.3 is 5.97 Å². The van der Waals surface area contributed by atoms with Crippen LogP contribution in [0.4, 0.5) is 5.69 Å². The third-order valence-electron chi connectivity index (χ3n) is 3.76. The number of nitrogens with zero attached hydrogens (tertiary/aromatic N) is 1. The fraction of sp³-hybridized carbons (Fsp3) is 0.316. The van der Waals surface area contributed by atoms with E-state index in [9.17, 15) is 9.59 Å². The number of methoxy groups -OCH3 is 1. The maximum absolute atomic E-state index is 12.4. The van der Waals surface area contributed by atoms with Crippen LogP contribution in [0.1, 0.15) is 34.0 Å². The van der Waals surface area contributed by atoms with Gasteiger partial charge < -0.3 is 14.8 Å². The molecule has 1 atom stereocenters. The molecule has 1 aromatic carbocycles. The number of aryl methyl sites for hydroxylation is 3. The summed E-state index contributed by atoms with van der Waals surface area (Å²) in [6.45, 7) is 7.38. The zero-order valence-corrected chi connectivity index (χ0v) is 15.0. The largest absolute Gasteiger partial charge is 0.481 e. The number of amides is 1. The normalized spacial score (nSPS) is 11.6. The summed E-state index contributed by atoms with van der Waals surface area (Å²) in [5.74, 6) is -0.692. The van der Waals surface area contributed by atoms with Gasteiger partial charge in [-0.15, -0.1) is 0 Å². The van der Waals surface area contributed by atoms with Gasteiger partial charge in [-0.25, -0.2) is 9.78 Å². The summed E-state index contributed by atoms with van der Waals surface area (Å²) in [5.41, 5.74) is 4.06. The molecule has 6 heteroatoms. The van der Waals surface area contributed by atoms with E-state index in [2.05, 4.69) is 10.3 Å². The number of hydrogen-bond acceptors (Lipinski definition) is 5. The third kappa shape index (κ3) is 4.56. The molecule has 0 saturated heterocycles. The summed E-state index contributed by atoms with van der Waals surface area (Å²) in [6, 6.07) is 6.94. The van der Waals surface area contributed by atoms with Crippen LogP contribution in [0.5, 0.6) is 5.88 Å². The predicted molar refractivity (Wildman–Crippen MR) is 94.9 cm³/mol. The molecule has 0 aliphatic heterocycles. The van der Waals surface area contributed by atoms with Crippen LogP contribution in [0.15, 0.2) is 30.5 Å². The number of aromatic nitrogens is 1. The van der Waals surface area contributed by atoms with Crippen LogP contribution >= 0.6 is 0 Å². The van der Waals surface area contributed by atoms with Gasteiger partial charge in [0.2, 0.25) is 5.88 Å². The lowest BCUT2D eigenvalue weighted by Gasteiger charge is -2.17. The molecule has 0 bridgehead atoms. The maximum Gasteiger partial charge on any atom is 0.339 e. The van der Waals surface area contributed by atoms with Gasteiger partial charge in [-0.05, 0) is 44.9 Å². The molecular weight excluding hydrogens is 320 g/mol. The van der Waals surface area contributed by atoms with Crippen LogP contribution in [0.3, 0.4) is 0 Å². The Bertz CT molecular complexity index is 779. The van der Waals surface area contributed by atoms with Crippen molar-refractivity contribution in [2.75, 3.05) is 12.4 Å². The Kier molecular flexibility index (Phi) is 5.75. The summed E-state index contributed by atoms with van der Waals surface area (Å²) in [6.07, 6.45) is 0.505. The van der Waals surface area contributed by atoms with Crippen LogP contribution in [-0.2, 0) is 9.53 Å². The summed E-state index contributed by atoms with van der Waals surface area (Å²) in [7, 11) is 1.46. The van der Waals surface area contributed by atoms with E-state index in [-0.39, 0.29) is 11.5 Å². The van der Waals surface area contributed by atoms with E-state index in [1.54, 1.807) is 0 Å². The molecule has 0 saturated carbocycles. The predicted octanol–water partition coefficient (Wildman–Crippen LogP) is 3.20. The standard InChI is InChI=1S/C19H22N2O4/c1-11-8-12(2)17(13(3)9-11)21-18(22)14(4)25-19(23)15-6-7-20-16(10-15)24-5/h6-10,14H,1-5H3,(H,21,22). The molecule has 0 spiro atoms. The van der Waals surface area contributed by atoms with Crippen molar-refractivity contribution in [1.82, 2.24) is 4.98 Å². The lowest BCUT2D eigenvalue weighted by Crippen LogP contribution is -2.30. The molecule has 0 fully saturated rings. The highest BCUT2D eigenvalue weighted by molar-refractivity contribution is 5.98. The zero-order valence-electron chi connectivity index (χ0n) is 15.0. The molecule has 2 rings (SSSR count). The molecule has 0 aliphatic rings. The lowest BCUT2D eigenvalue weighted by molar-refractivity contribution is -0.123. The molecular formula is C19H22N2O4. The van der Waals surface area contributed by atoms with Crippen LogP contribution in [0, 0.1) is 20.8 Å². The quantitative estimate of drug-likeness (QED) is 0.844. The number of nitrogens with one attached hydrogen (secondary N) is 1. The van der Waals surface area contributed by atoms with Crippen molar-refractivity contribution < 1.29 is 19.1 Å². The minimum Gasteiger partial charge on any atom is -0.481 e. The monoisotopic (exact) mass is 342 g/mol. The highest BCUT2D eigenvalue weighted by Crippen LogP contribution is 2.22. The van der Waals surface area contributed by atoms with Crippen molar-refractivity contribution in [3.63, 3.8) is 0 Å². The summed E-state index contributed by atoms with van der Waals surface area (Å²) >= 11 is 0. The average molecular weight is 342 g/mol. The highest BCUT2D eigenvalue weighted by Gasteiger charge is 2.20. The number of benzene rings is 1. The van der Waals surface area contributed by atoms with Crippen molar-refractivity contribution >= 4 is 17.6 Å². The molecule has 0 aliphatic carbocycles. The van der Waals surface area contributed by atoms with E-state index < -0.39 is 12.1 Å². The van der Waals surface area contributed by atoms with Crippen molar-refractivity contribution in [1.29, 1.82) is 0 Å². The van der Waals surface area contributed by atoms with Gasteiger partial charge in [0.05, 0.1) is 12.7 Å². The van der Waals surface area contributed by atoms with Gasteiger partial charge in [0, 0.05) is 18.0 Å². The topological polar surface area (TPSA) is 77.5 Å². The van der Waals surface area contributed by atoms with Crippen molar-refractivity contribution in [2.45, 2.75) is 33.8 Å². The van der Waals surface area contributed by atoms with Crippen LogP contribution in [0.25, 0.3) is 0 Å². The summed E-state index contributed by atoms with van der Waals surface area (Å²) in [4.78, 5) is 28.5. The molecule has 1 N–H and O–H groups in total. The number of anilines is 1. The van der Waals surface area contributed by atoms with E-state index in [1.807, 2.05) is 32.9 Å². The molecule has 25 heavy (non-hydrogen) atoms. The fourth-order valence-electron chi connectivity index (χ4n) is 2.53. The molecule has 2 aromatic rings. The van der Waals surface area contributed by atoms with Crippen molar-refractivity contribution in [3.05, 3.63) is 52.7 Å². The smallest absolute Gasteiger partial charge is 0.339 e. The summed E-state index contributed by atoms with van der Waals surface area (Å²) in [5, 5.41) is 2.83. The van der Waals surface area contributed by atoms with E-state index >= 15 is 0 Å². The molecule has 1 unspecified atom stereocenters. The number of esters is 1. The number of rotatable bonds is 5. The van der Waals surface area contributed by atoms with E-state index in [4.69, 9.17) is 9.47 Å². The van der Waals surface area contributed by atoms with Gasteiger partial charge in [0.1, 0.15) is 0 Å². The van der Waals surface area contributed by atoms with Gasteiger partial charge in [0.25, 0.3) is 5.91 Å². The first kappa shape index (κ1) is 18.4. The Morgan fingerprint density at radius 1 is 1.12 bits per heavy atom. The van der Waals surface area contributed by atoms with Crippen molar-refractivity contribution in [3.8, 4) is 5.88 Å². The van der Waals surface area contributed by atoms with Crippen molar-refractivity contribution in [2.24, 2.45) is 0 Å². The Morgan fingerprint density at radius 2 is 1.76 bits per heavy atom. The van der Waals surface area contributed by atoms with Gasteiger partial charge in [-0.1, -0.05) is 17.7 Å². The second-order valence-corrected chi connectivity index (χ2v) is 5.90. The Hall–Kier alpha value is -2.89. The second-order valence-electron chi connectivity index (χ2n) is 5.90. The molecule has 132 valence electrons. The third-order valence-corrected chi connectivity index (χ3v) is 3.76. The van der Waals surface area contributed by atoms with E-state index in [1.165, 1.54) is 32.4 Å². The number of carbonyl (C=O) groups is 2. The second kappa shape index (κ2) is 7.79. The summed E-state index contributed by atoms with van der Waals surface area (Å²) < 4.78 is 10.2. The SMILES string of the molecule is COc1cc(C(=O)OC(C)C(=O)Nc2c(C)cc(C)cc2C)ccn1. The number of carbonyl (C=O) groups excluding carboxylic acids is 2. The molecule has 1 heterocycles. The maximum atomic E-state index is 12.4. The molecule has 6 nitrogen and oxygen atoms in total. The average Bonchev–Trinajstić information content (AvgIpc) is 2.57. The number of hydrogen-bond donors (Lipinski definition) is 1. The van der Waals surface area contributed by atoms with Crippen LogP contribution in [0.2, 0.25) is 0 Å². The Labute approximate surface area is 147 Å². The first-order chi connectivity index (χ1) is 11.8. The Morgan fingerprint density at radius 3 is 2.36 bits per heavy atom. The molecule has 1 amide bonds. The van der Waals surface area contributed by atoms with E-state index in [0.717, 1.165) is 22.4 Å². The lowest BCUT2D eigenvalue weighted by atomic mass is 10.0. The van der Waals surface area contributed by atoms with Gasteiger partial charge in [-0.2, -0.15) is 0 Å². The number of ether oxygens (including phenoxy) is 2. The van der Waals surface area contributed by atoms with Gasteiger partial charge in [0.15, 0.2) is 6.10 Å². The first-order valence-corrected chi connectivity index (χ1v) is 7.91. The first-order valence-electron chi connectivity index (χ1n) is 7.91. The zero-order chi connectivity index (χ0) is 18.6. The molecule has 0 radical (unpaired) electrons. The van der Waals surface area contributed by atoms with Crippen LogP contribution < -0.4 is 10.1 Å². The molecule has 1 aromatic heterocycles. The van der Waals surface area contributed by atoms with Crippen LogP contribution in [-0.4, -0.2) is 30.1 Å². The fourth-order valence-corrected chi connectivity index (χ4v) is 2.53. The minimum atomic E-state index is -0.938. The van der Waals surface area contributed by atoms with E-state index in [0.29, 0.717) is 5.88 Å². The highest BCUT2D eigenvalue weighted by atomic mass is 16.5.